The van der Waals surface area contributed by atoms with Crippen LogP contribution < -0.4 is 5.32 Å². The van der Waals surface area contributed by atoms with Gasteiger partial charge in [-0.2, -0.15) is 0 Å². The summed E-state index contributed by atoms with van der Waals surface area (Å²) < 4.78 is 22.6. The van der Waals surface area contributed by atoms with Crippen molar-refractivity contribution in [3.63, 3.8) is 0 Å². The normalized spacial score (nSPS) is 19.6. The van der Waals surface area contributed by atoms with Gasteiger partial charge in [0.25, 0.3) is 0 Å². The molecule has 0 radical (unpaired) electrons. The number of sulfone groups is 1. The van der Waals surface area contributed by atoms with Gasteiger partial charge in [0.2, 0.25) is 0 Å². The SMILES string of the molecule is Cc1nc(NC2CCS(=O)(=O)CC2)sc1C(=O)O. The van der Waals surface area contributed by atoms with Gasteiger partial charge in [0.05, 0.1) is 17.2 Å². The fourth-order valence-electron chi connectivity index (χ4n) is 1.87. The number of thiazole rings is 1. The van der Waals surface area contributed by atoms with Crippen molar-refractivity contribution >= 4 is 32.3 Å². The van der Waals surface area contributed by atoms with Gasteiger partial charge < -0.3 is 10.4 Å². The molecule has 8 heteroatoms. The Hall–Kier alpha value is -1.15. The van der Waals surface area contributed by atoms with E-state index in [4.69, 9.17) is 5.11 Å². The van der Waals surface area contributed by atoms with Crippen LogP contribution in [0.2, 0.25) is 0 Å². The number of aromatic carboxylic acids is 1. The average Bonchev–Trinajstić information content (AvgIpc) is 2.63. The highest BCUT2D eigenvalue weighted by Gasteiger charge is 2.24. The molecule has 1 aliphatic rings. The molecule has 1 aliphatic heterocycles. The monoisotopic (exact) mass is 290 g/mol. The van der Waals surface area contributed by atoms with Gasteiger partial charge in [0.1, 0.15) is 14.7 Å². The second kappa shape index (κ2) is 4.85. The van der Waals surface area contributed by atoms with Crippen LogP contribution in [0.25, 0.3) is 0 Å². The zero-order valence-electron chi connectivity index (χ0n) is 9.84. The summed E-state index contributed by atoms with van der Waals surface area (Å²) in [4.78, 5) is 15.2. The quantitative estimate of drug-likeness (QED) is 0.866. The van der Waals surface area contributed by atoms with Crippen LogP contribution in [0.3, 0.4) is 0 Å². The third kappa shape index (κ3) is 2.99. The van der Waals surface area contributed by atoms with Gasteiger partial charge in [-0.1, -0.05) is 11.3 Å². The summed E-state index contributed by atoms with van der Waals surface area (Å²) in [6.07, 6.45) is 1.09. The summed E-state index contributed by atoms with van der Waals surface area (Å²) in [5.74, 6) is -0.619. The third-order valence-corrected chi connectivity index (χ3v) is 5.67. The smallest absolute Gasteiger partial charge is 0.347 e. The maximum absolute atomic E-state index is 11.3. The van der Waals surface area contributed by atoms with Crippen molar-refractivity contribution in [1.82, 2.24) is 4.98 Å². The van der Waals surface area contributed by atoms with E-state index < -0.39 is 15.8 Å². The van der Waals surface area contributed by atoms with Crippen molar-refractivity contribution in [2.45, 2.75) is 25.8 Å². The summed E-state index contributed by atoms with van der Waals surface area (Å²) in [5.41, 5.74) is 0.485. The second-order valence-corrected chi connectivity index (χ2v) is 7.61. The number of carboxylic acid groups (broad SMARTS) is 1. The predicted molar refractivity (Wildman–Crippen MR) is 69.1 cm³/mol. The topological polar surface area (TPSA) is 96.4 Å². The molecule has 0 spiro atoms. The first-order chi connectivity index (χ1) is 8.37. The highest BCUT2D eigenvalue weighted by Crippen LogP contribution is 2.25. The molecule has 1 saturated heterocycles. The number of carbonyl (C=O) groups is 1. The fraction of sp³-hybridized carbons (Fsp3) is 0.600. The van der Waals surface area contributed by atoms with Gasteiger partial charge in [-0.3, -0.25) is 0 Å². The van der Waals surface area contributed by atoms with Gasteiger partial charge in [0.15, 0.2) is 5.13 Å². The van der Waals surface area contributed by atoms with Crippen molar-refractivity contribution < 1.29 is 18.3 Å². The molecule has 18 heavy (non-hydrogen) atoms. The summed E-state index contributed by atoms with van der Waals surface area (Å²) in [6.45, 7) is 1.65. The molecule has 0 unspecified atom stereocenters. The van der Waals surface area contributed by atoms with Gasteiger partial charge in [-0.05, 0) is 19.8 Å². The summed E-state index contributed by atoms with van der Waals surface area (Å²) >= 11 is 1.09. The van der Waals surface area contributed by atoms with Crippen molar-refractivity contribution in [1.29, 1.82) is 0 Å². The van der Waals surface area contributed by atoms with E-state index in [1.54, 1.807) is 6.92 Å². The molecule has 2 N–H and O–H groups in total. The van der Waals surface area contributed by atoms with Gasteiger partial charge in [-0.25, -0.2) is 18.2 Å². The molecule has 6 nitrogen and oxygen atoms in total. The minimum atomic E-state index is -2.88. The highest BCUT2D eigenvalue weighted by atomic mass is 32.2. The van der Waals surface area contributed by atoms with E-state index in [-0.39, 0.29) is 22.4 Å². The summed E-state index contributed by atoms with van der Waals surface area (Å²) in [6, 6.07) is 0.0562. The Bertz CT molecular complexity index is 550. The second-order valence-electron chi connectivity index (χ2n) is 4.31. The van der Waals surface area contributed by atoms with Crippen molar-refractivity contribution in [2.75, 3.05) is 16.8 Å². The van der Waals surface area contributed by atoms with Crippen molar-refractivity contribution in [2.24, 2.45) is 0 Å². The Labute approximate surface area is 109 Å². The standard InChI is InChI=1S/C10H14N2O4S2/c1-6-8(9(13)14)17-10(11-6)12-7-2-4-18(15,16)5-3-7/h7H,2-5H2,1H3,(H,11,12)(H,13,14). The van der Waals surface area contributed by atoms with Crippen molar-refractivity contribution in [3.05, 3.63) is 10.6 Å². The van der Waals surface area contributed by atoms with Crippen LogP contribution in [0.15, 0.2) is 0 Å². The van der Waals surface area contributed by atoms with Crippen LogP contribution in [0.1, 0.15) is 28.2 Å². The first kappa shape index (κ1) is 13.3. The minimum absolute atomic E-state index is 0.0562. The van der Waals surface area contributed by atoms with Gasteiger partial charge >= 0.3 is 5.97 Å². The average molecular weight is 290 g/mol. The Morgan fingerprint density at radius 2 is 2.06 bits per heavy atom. The van der Waals surface area contributed by atoms with E-state index in [0.717, 1.165) is 11.3 Å². The molecule has 0 bridgehead atoms. The molecule has 1 fully saturated rings. The largest absolute Gasteiger partial charge is 0.477 e. The number of anilines is 1. The molecule has 1 aromatic heterocycles. The molecule has 0 amide bonds. The molecule has 100 valence electrons. The van der Waals surface area contributed by atoms with Crippen LogP contribution in [-0.4, -0.2) is 42.0 Å². The van der Waals surface area contributed by atoms with E-state index in [1.165, 1.54) is 0 Å². The highest BCUT2D eigenvalue weighted by molar-refractivity contribution is 7.91. The van der Waals surface area contributed by atoms with Crippen LogP contribution in [0.4, 0.5) is 5.13 Å². The number of carboxylic acids is 1. The predicted octanol–water partition coefficient (Wildman–Crippen LogP) is 1.14. The first-order valence-electron chi connectivity index (χ1n) is 5.55. The molecule has 2 rings (SSSR count). The molecule has 0 aliphatic carbocycles. The number of aryl methyl sites for hydroxylation is 1. The van der Waals surface area contributed by atoms with Gasteiger partial charge in [0, 0.05) is 6.04 Å². The number of hydrogen-bond acceptors (Lipinski definition) is 6. The maximum atomic E-state index is 11.3. The zero-order valence-corrected chi connectivity index (χ0v) is 11.5. The Balaban J connectivity index is 2.03. The minimum Gasteiger partial charge on any atom is -0.477 e. The molecule has 0 aromatic carbocycles. The zero-order chi connectivity index (χ0) is 13.3. The van der Waals surface area contributed by atoms with Crippen LogP contribution in [0.5, 0.6) is 0 Å². The van der Waals surface area contributed by atoms with Crippen LogP contribution >= 0.6 is 11.3 Å². The van der Waals surface area contributed by atoms with E-state index >= 15 is 0 Å². The van der Waals surface area contributed by atoms with E-state index in [0.29, 0.717) is 23.7 Å². The van der Waals surface area contributed by atoms with Crippen molar-refractivity contribution in [3.8, 4) is 0 Å². The summed E-state index contributed by atoms with van der Waals surface area (Å²) in [7, 11) is -2.88. The number of hydrogen-bond donors (Lipinski definition) is 2. The first-order valence-corrected chi connectivity index (χ1v) is 8.19. The summed E-state index contributed by atoms with van der Waals surface area (Å²) in [5, 5.41) is 12.6. The Morgan fingerprint density at radius 1 is 1.44 bits per heavy atom. The number of nitrogens with one attached hydrogen (secondary N) is 1. The molecule has 0 saturated carbocycles. The molecule has 0 atom stereocenters. The van der Waals surface area contributed by atoms with Crippen LogP contribution in [-0.2, 0) is 9.84 Å². The van der Waals surface area contributed by atoms with E-state index in [2.05, 4.69) is 10.3 Å². The Morgan fingerprint density at radius 3 is 2.56 bits per heavy atom. The molecular formula is C10H14N2O4S2. The lowest BCUT2D eigenvalue weighted by molar-refractivity contribution is 0.0701. The lowest BCUT2D eigenvalue weighted by Gasteiger charge is -2.22. The van der Waals surface area contributed by atoms with Crippen LogP contribution in [0, 0.1) is 6.92 Å². The third-order valence-electron chi connectivity index (χ3n) is 2.87. The number of rotatable bonds is 3. The number of nitrogens with zero attached hydrogens (tertiary/aromatic N) is 1. The van der Waals surface area contributed by atoms with E-state index in [9.17, 15) is 13.2 Å². The van der Waals surface area contributed by atoms with Gasteiger partial charge in [-0.15, -0.1) is 0 Å². The maximum Gasteiger partial charge on any atom is 0.347 e. The Kier molecular flexibility index (Phi) is 3.58. The lowest BCUT2D eigenvalue weighted by atomic mass is 10.2. The lowest BCUT2D eigenvalue weighted by Crippen LogP contribution is -2.32. The van der Waals surface area contributed by atoms with E-state index in [1.807, 2.05) is 0 Å². The molecular weight excluding hydrogens is 276 g/mol. The number of aromatic nitrogens is 1. The fourth-order valence-corrected chi connectivity index (χ4v) is 4.24. The molecule has 2 heterocycles. The molecule has 1 aromatic rings.